The SMILES string of the molecule is CC(=O)[C@H](CCCCN=C(C)N)NC(=O)OCc1ccccc1. The van der Waals surface area contributed by atoms with Gasteiger partial charge in [0.1, 0.15) is 6.61 Å². The largest absolute Gasteiger partial charge is 0.445 e. The Balaban J connectivity index is 2.32. The van der Waals surface area contributed by atoms with Crippen molar-refractivity contribution >= 4 is 17.7 Å². The molecule has 0 saturated carbocycles. The van der Waals surface area contributed by atoms with Crippen molar-refractivity contribution in [2.45, 2.75) is 45.8 Å². The van der Waals surface area contributed by atoms with Gasteiger partial charge in [-0.15, -0.1) is 0 Å². The average Bonchev–Trinajstić information content (AvgIpc) is 2.52. The maximum atomic E-state index is 11.8. The first-order valence-electron chi connectivity index (χ1n) is 7.73. The highest BCUT2D eigenvalue weighted by Crippen LogP contribution is 2.05. The lowest BCUT2D eigenvalue weighted by Crippen LogP contribution is -2.40. The fourth-order valence-corrected chi connectivity index (χ4v) is 2.00. The minimum Gasteiger partial charge on any atom is -0.445 e. The van der Waals surface area contributed by atoms with Crippen LogP contribution in [0.25, 0.3) is 0 Å². The van der Waals surface area contributed by atoms with Crippen molar-refractivity contribution in [2.24, 2.45) is 10.7 Å². The minimum atomic E-state index is -0.579. The number of ether oxygens (including phenoxy) is 1. The van der Waals surface area contributed by atoms with E-state index < -0.39 is 12.1 Å². The number of amidine groups is 1. The Morgan fingerprint density at radius 2 is 1.91 bits per heavy atom. The topological polar surface area (TPSA) is 93.8 Å². The van der Waals surface area contributed by atoms with Gasteiger partial charge in [-0.05, 0) is 38.7 Å². The Kier molecular flexibility index (Phi) is 8.42. The predicted octanol–water partition coefficient (Wildman–Crippen LogP) is 2.42. The molecule has 1 atom stereocenters. The summed E-state index contributed by atoms with van der Waals surface area (Å²) in [7, 11) is 0. The number of carbonyl (C=O) groups is 2. The summed E-state index contributed by atoms with van der Waals surface area (Å²) in [5.74, 6) is 0.468. The van der Waals surface area contributed by atoms with Gasteiger partial charge in [-0.3, -0.25) is 9.79 Å². The van der Waals surface area contributed by atoms with Crippen molar-refractivity contribution in [1.29, 1.82) is 0 Å². The predicted molar refractivity (Wildman–Crippen MR) is 90.2 cm³/mol. The van der Waals surface area contributed by atoms with E-state index in [4.69, 9.17) is 10.5 Å². The van der Waals surface area contributed by atoms with Gasteiger partial charge in [0.25, 0.3) is 0 Å². The summed E-state index contributed by atoms with van der Waals surface area (Å²) < 4.78 is 5.13. The van der Waals surface area contributed by atoms with E-state index in [1.165, 1.54) is 6.92 Å². The molecule has 0 fully saturated rings. The molecule has 3 N–H and O–H groups in total. The molecule has 0 aliphatic heterocycles. The second kappa shape index (κ2) is 10.4. The quantitative estimate of drug-likeness (QED) is 0.415. The van der Waals surface area contributed by atoms with Gasteiger partial charge >= 0.3 is 6.09 Å². The Morgan fingerprint density at radius 3 is 2.52 bits per heavy atom. The maximum Gasteiger partial charge on any atom is 0.408 e. The third kappa shape index (κ3) is 8.60. The zero-order valence-electron chi connectivity index (χ0n) is 13.7. The van der Waals surface area contributed by atoms with Crippen LogP contribution in [0, 0.1) is 0 Å². The van der Waals surface area contributed by atoms with Gasteiger partial charge in [0.05, 0.1) is 11.9 Å². The van der Waals surface area contributed by atoms with Crippen LogP contribution in [-0.4, -0.2) is 30.3 Å². The van der Waals surface area contributed by atoms with Crippen LogP contribution in [0.15, 0.2) is 35.3 Å². The van der Waals surface area contributed by atoms with Gasteiger partial charge in [0, 0.05) is 6.54 Å². The minimum absolute atomic E-state index is 0.0832. The second-order valence-electron chi connectivity index (χ2n) is 5.39. The third-order valence-corrected chi connectivity index (χ3v) is 3.26. The molecule has 1 aromatic carbocycles. The summed E-state index contributed by atoms with van der Waals surface area (Å²) in [5.41, 5.74) is 6.35. The summed E-state index contributed by atoms with van der Waals surface area (Å²) in [5, 5.41) is 2.62. The number of nitrogens with zero attached hydrogens (tertiary/aromatic N) is 1. The van der Waals surface area contributed by atoms with E-state index in [1.54, 1.807) is 6.92 Å². The maximum absolute atomic E-state index is 11.8. The molecule has 0 spiro atoms. The molecule has 23 heavy (non-hydrogen) atoms. The van der Waals surface area contributed by atoms with Gasteiger partial charge in [0.2, 0.25) is 0 Å². The van der Waals surface area contributed by atoms with Crippen molar-refractivity contribution in [3.05, 3.63) is 35.9 Å². The van der Waals surface area contributed by atoms with Crippen molar-refractivity contribution < 1.29 is 14.3 Å². The fourth-order valence-electron chi connectivity index (χ4n) is 2.00. The van der Waals surface area contributed by atoms with Crippen LogP contribution < -0.4 is 11.1 Å². The van der Waals surface area contributed by atoms with Crippen LogP contribution in [0.1, 0.15) is 38.7 Å². The Labute approximate surface area is 137 Å². The summed E-state index contributed by atoms with van der Waals surface area (Å²) in [6.07, 6.45) is 1.58. The van der Waals surface area contributed by atoms with E-state index >= 15 is 0 Å². The van der Waals surface area contributed by atoms with Crippen LogP contribution in [0.2, 0.25) is 0 Å². The van der Waals surface area contributed by atoms with Crippen LogP contribution in [0.4, 0.5) is 4.79 Å². The normalized spacial score (nSPS) is 12.5. The Bertz CT molecular complexity index is 525. The molecule has 1 aromatic rings. The number of ketones is 1. The fraction of sp³-hybridized carbons (Fsp3) is 0.471. The monoisotopic (exact) mass is 319 g/mol. The van der Waals surface area contributed by atoms with E-state index in [1.807, 2.05) is 30.3 Å². The van der Waals surface area contributed by atoms with E-state index in [0.717, 1.165) is 18.4 Å². The number of benzene rings is 1. The molecule has 126 valence electrons. The van der Waals surface area contributed by atoms with Crippen LogP contribution in [0.3, 0.4) is 0 Å². The molecule has 6 nitrogen and oxygen atoms in total. The summed E-state index contributed by atoms with van der Waals surface area (Å²) in [6, 6.07) is 8.86. The molecule has 0 aromatic heterocycles. The number of nitrogens with two attached hydrogens (primary N) is 1. The molecule has 0 aliphatic rings. The van der Waals surface area contributed by atoms with Gasteiger partial charge in [-0.2, -0.15) is 0 Å². The van der Waals surface area contributed by atoms with Crippen LogP contribution >= 0.6 is 0 Å². The molecule has 0 bridgehead atoms. The second-order valence-corrected chi connectivity index (χ2v) is 5.39. The van der Waals surface area contributed by atoms with Gasteiger partial charge in [0.15, 0.2) is 5.78 Å². The van der Waals surface area contributed by atoms with Crippen molar-refractivity contribution in [3.63, 3.8) is 0 Å². The number of nitrogens with one attached hydrogen (secondary N) is 1. The lowest BCUT2D eigenvalue weighted by molar-refractivity contribution is -0.119. The summed E-state index contributed by atoms with van der Waals surface area (Å²) >= 11 is 0. The molecule has 0 heterocycles. The highest BCUT2D eigenvalue weighted by atomic mass is 16.5. The number of carbonyl (C=O) groups excluding carboxylic acids is 2. The first kappa shape index (κ1) is 18.7. The van der Waals surface area contributed by atoms with Crippen molar-refractivity contribution in [1.82, 2.24) is 5.32 Å². The highest BCUT2D eigenvalue weighted by Gasteiger charge is 2.17. The molecule has 1 rings (SSSR count). The molecule has 0 saturated heterocycles. The van der Waals surface area contributed by atoms with Gasteiger partial charge in [-0.25, -0.2) is 4.79 Å². The zero-order chi connectivity index (χ0) is 17.1. The third-order valence-electron chi connectivity index (χ3n) is 3.26. The van der Waals surface area contributed by atoms with Gasteiger partial charge < -0.3 is 15.8 Å². The highest BCUT2D eigenvalue weighted by molar-refractivity contribution is 5.85. The summed E-state index contributed by atoms with van der Waals surface area (Å²) in [4.78, 5) is 27.5. The van der Waals surface area contributed by atoms with E-state index in [2.05, 4.69) is 10.3 Å². The number of hydrogen-bond donors (Lipinski definition) is 2. The standard InChI is InChI=1S/C17H25N3O3/c1-13(21)16(10-6-7-11-19-14(2)18)20-17(22)23-12-15-8-4-3-5-9-15/h3-5,8-9,16H,6-7,10-12H2,1-2H3,(H2,18,19)(H,20,22)/t16-/m0/s1. The molecular formula is C17H25N3O3. The Morgan fingerprint density at radius 1 is 1.22 bits per heavy atom. The average molecular weight is 319 g/mol. The molecular weight excluding hydrogens is 294 g/mol. The number of amides is 1. The van der Waals surface area contributed by atoms with E-state index in [-0.39, 0.29) is 12.4 Å². The van der Waals surface area contributed by atoms with Crippen LogP contribution in [0.5, 0.6) is 0 Å². The number of rotatable bonds is 9. The van der Waals surface area contributed by atoms with Crippen molar-refractivity contribution in [3.8, 4) is 0 Å². The van der Waals surface area contributed by atoms with Crippen molar-refractivity contribution in [2.75, 3.05) is 6.54 Å². The first-order valence-corrected chi connectivity index (χ1v) is 7.73. The molecule has 1 amide bonds. The zero-order valence-corrected chi connectivity index (χ0v) is 13.7. The molecule has 0 unspecified atom stereocenters. The number of hydrogen-bond acceptors (Lipinski definition) is 4. The molecule has 0 radical (unpaired) electrons. The lowest BCUT2D eigenvalue weighted by atomic mass is 10.1. The lowest BCUT2D eigenvalue weighted by Gasteiger charge is -2.15. The smallest absolute Gasteiger partial charge is 0.408 e. The number of aliphatic imine (C=N–C) groups is 1. The van der Waals surface area contributed by atoms with Crippen LogP contribution in [-0.2, 0) is 16.1 Å². The van der Waals surface area contributed by atoms with Gasteiger partial charge in [-0.1, -0.05) is 30.3 Å². The van der Waals surface area contributed by atoms with E-state index in [9.17, 15) is 9.59 Å². The molecule has 0 aliphatic carbocycles. The Hall–Kier alpha value is -2.37. The molecule has 6 heteroatoms. The first-order chi connectivity index (χ1) is 11.0. The summed E-state index contributed by atoms with van der Waals surface area (Å²) in [6.45, 7) is 4.01. The number of alkyl carbamates (subject to hydrolysis) is 1. The number of Topliss-reactive ketones (excluding diaryl/α,β-unsaturated/α-hetero) is 1. The number of unbranched alkanes of at least 4 members (excludes halogenated alkanes) is 1. The van der Waals surface area contributed by atoms with E-state index in [0.29, 0.717) is 18.8 Å².